The van der Waals surface area contributed by atoms with E-state index >= 15 is 0 Å². The van der Waals surface area contributed by atoms with E-state index in [1.54, 1.807) is 42.7 Å². The average molecular weight is 810 g/mol. The highest BCUT2D eigenvalue weighted by molar-refractivity contribution is 7.90. The van der Waals surface area contributed by atoms with Crippen LogP contribution in [0.1, 0.15) is 57.5 Å². The number of para-hydroxylation sites is 1. The third-order valence-corrected chi connectivity index (χ3v) is 10.9. The highest BCUT2D eigenvalue weighted by Crippen LogP contribution is 2.32. The Labute approximate surface area is 329 Å². The van der Waals surface area contributed by atoms with Crippen molar-refractivity contribution in [3.05, 3.63) is 111 Å². The summed E-state index contributed by atoms with van der Waals surface area (Å²) in [6.07, 6.45) is 6.83. The summed E-state index contributed by atoms with van der Waals surface area (Å²) in [7, 11) is -4.35. The first kappa shape index (κ1) is 41.1. The number of aliphatic imine (C=N–C) groups is 1. The lowest BCUT2D eigenvalue weighted by molar-refractivity contribution is -0.117. The number of carbonyl (C=O) groups excluding carboxylic acids is 2. The van der Waals surface area contributed by atoms with E-state index in [4.69, 9.17) is 37.6 Å². The zero-order valence-electron chi connectivity index (χ0n) is 30.4. The Morgan fingerprint density at radius 3 is 2.38 bits per heavy atom. The van der Waals surface area contributed by atoms with Crippen molar-refractivity contribution in [3.63, 3.8) is 0 Å². The molecule has 5 aromatic rings. The molecule has 13 nitrogen and oxygen atoms in total. The number of likely N-dealkylation sites (N-methyl/N-ethyl adjacent to an activating group) is 1. The van der Waals surface area contributed by atoms with Gasteiger partial charge in [0, 0.05) is 38.7 Å². The molecular formula is C39H42Cl2N6O7S. The summed E-state index contributed by atoms with van der Waals surface area (Å²) < 4.78 is 34.1. The molecule has 3 aromatic carbocycles. The number of nitrogens with zero attached hydrogens (tertiary/aromatic N) is 4. The molecule has 0 aliphatic carbocycles. The maximum absolute atomic E-state index is 14.3. The predicted octanol–water partition coefficient (Wildman–Crippen LogP) is 6.89. The second-order valence-corrected chi connectivity index (χ2v) is 15.1. The Morgan fingerprint density at radius 1 is 0.964 bits per heavy atom. The molecule has 0 aliphatic heterocycles. The number of anilines is 2. The molecule has 2 aromatic heterocycles. The largest absolute Gasteiger partial charge is 0.469 e. The number of aliphatic hydroxyl groups is 1. The van der Waals surface area contributed by atoms with Crippen LogP contribution in [0.4, 0.5) is 17.1 Å². The van der Waals surface area contributed by atoms with Crippen LogP contribution < -0.4 is 20.5 Å². The molecule has 16 heteroatoms. The summed E-state index contributed by atoms with van der Waals surface area (Å²) in [5.41, 5.74) is 0.976. The summed E-state index contributed by atoms with van der Waals surface area (Å²) >= 11 is 12.8. The second kappa shape index (κ2) is 19.0. The van der Waals surface area contributed by atoms with Gasteiger partial charge in [0.2, 0.25) is 5.91 Å². The molecule has 0 spiro atoms. The predicted molar refractivity (Wildman–Crippen MR) is 215 cm³/mol. The van der Waals surface area contributed by atoms with Crippen LogP contribution in [-0.2, 0) is 32.6 Å². The molecule has 290 valence electrons. The molecule has 0 saturated heterocycles. The second-order valence-electron chi connectivity index (χ2n) is 12.7. The topological polar surface area (TPSA) is 176 Å². The minimum Gasteiger partial charge on any atom is -0.469 e. The number of unbranched alkanes of at least 4 members (excludes halogenated alkanes) is 4. The molecule has 2 amide bonds. The van der Waals surface area contributed by atoms with E-state index in [9.17, 15) is 27.9 Å². The van der Waals surface area contributed by atoms with Gasteiger partial charge in [0.25, 0.3) is 21.5 Å². The Bertz CT molecular complexity index is 2330. The van der Waals surface area contributed by atoms with E-state index in [1.807, 2.05) is 40.8 Å². The zero-order chi connectivity index (χ0) is 39.5. The minimum absolute atomic E-state index is 0.0191. The number of hydrogen-bond donors (Lipinski definition) is 3. The first-order chi connectivity index (χ1) is 26.4. The van der Waals surface area contributed by atoms with E-state index in [2.05, 4.69) is 5.32 Å². The summed E-state index contributed by atoms with van der Waals surface area (Å²) in [4.78, 5) is 51.0. The molecule has 0 aliphatic rings. The molecule has 0 atom stereocenters. The highest BCUT2D eigenvalue weighted by atomic mass is 35.5. The molecule has 0 unspecified atom stereocenters. The van der Waals surface area contributed by atoms with Gasteiger partial charge >= 0.3 is 0 Å². The Hall–Kier alpha value is -5.02. The van der Waals surface area contributed by atoms with E-state index in [0.29, 0.717) is 36.1 Å². The van der Waals surface area contributed by atoms with Crippen LogP contribution in [-0.4, -0.2) is 60.3 Å². The number of fused-ring (bicyclic) bond motifs is 1. The van der Waals surface area contributed by atoms with Gasteiger partial charge in [-0.15, -0.1) is 0 Å². The monoisotopic (exact) mass is 808 g/mol. The Balaban J connectivity index is 1.52. The third-order valence-electron chi connectivity index (χ3n) is 8.72. The number of nitrogens with one attached hydrogen (secondary N) is 2. The fraction of sp³-hybridized carbons (Fsp3) is 0.308. The normalized spacial score (nSPS) is 11.8. The van der Waals surface area contributed by atoms with Crippen LogP contribution in [0.3, 0.4) is 0 Å². The third kappa shape index (κ3) is 10.6. The van der Waals surface area contributed by atoms with Gasteiger partial charge in [-0.1, -0.05) is 54.6 Å². The van der Waals surface area contributed by atoms with E-state index < -0.39 is 26.7 Å². The summed E-state index contributed by atoms with van der Waals surface area (Å²) in [5.74, 6) is -0.664. The SMILES string of the molecule is CCN(CCO)c1ccc(/N=C(/C(=O)Nc2cc(Cl)c(S(=O)(=O)NC(C)=O)cc2Cl)c2nc3ccccc3c(=O)n2CCCCCCCc2ccco2)cc1. The van der Waals surface area contributed by atoms with Gasteiger partial charge in [-0.05, 0) is 80.4 Å². The van der Waals surface area contributed by atoms with Crippen LogP contribution in [0.2, 0.25) is 10.0 Å². The van der Waals surface area contributed by atoms with Crippen molar-refractivity contribution in [1.82, 2.24) is 14.3 Å². The molecule has 55 heavy (non-hydrogen) atoms. The molecule has 0 fully saturated rings. The standard InChI is InChI=1S/C39H42Cl2N6O7S/c1-3-46(21-22-48)28-18-16-27(17-19-28)42-36(38(50)44-34-24-32(41)35(25-31(34)40)55(52,53)45-26(2)49)37-43-33-15-9-8-14-30(33)39(51)47(37)20-10-6-4-5-7-12-29-13-11-23-54-29/h8-9,11,13-19,23-25,48H,3-7,10,12,20-22H2,1-2H3,(H,44,50)(H,45,49)/b42-36+. The van der Waals surface area contributed by atoms with Gasteiger partial charge in [-0.25, -0.2) is 23.1 Å². The molecular weight excluding hydrogens is 767 g/mol. The molecule has 0 bridgehead atoms. The van der Waals surface area contributed by atoms with Gasteiger partial charge in [0.1, 0.15) is 10.7 Å². The lowest BCUT2D eigenvalue weighted by atomic mass is 10.1. The summed E-state index contributed by atoms with van der Waals surface area (Å²) in [6, 6.07) is 19.9. The fourth-order valence-corrected chi connectivity index (χ4v) is 7.85. The van der Waals surface area contributed by atoms with Gasteiger partial charge in [-0.3, -0.25) is 19.0 Å². The number of furan rings is 1. The Morgan fingerprint density at radius 2 is 1.69 bits per heavy atom. The molecule has 5 rings (SSSR count). The number of aliphatic hydroxyl groups excluding tert-OH is 1. The fourth-order valence-electron chi connectivity index (χ4n) is 6.03. The molecule has 2 heterocycles. The van der Waals surface area contributed by atoms with E-state index in [0.717, 1.165) is 62.6 Å². The van der Waals surface area contributed by atoms with Crippen LogP contribution in [0.15, 0.2) is 98.2 Å². The van der Waals surface area contributed by atoms with Crippen LogP contribution in [0.5, 0.6) is 0 Å². The quantitative estimate of drug-likeness (QED) is 0.0629. The zero-order valence-corrected chi connectivity index (χ0v) is 32.8. The van der Waals surface area contributed by atoms with Crippen LogP contribution >= 0.6 is 23.2 Å². The van der Waals surface area contributed by atoms with Crippen molar-refractivity contribution in [2.45, 2.75) is 63.8 Å². The number of sulfonamides is 1. The van der Waals surface area contributed by atoms with Crippen molar-refractivity contribution >= 4 is 78.7 Å². The first-order valence-electron chi connectivity index (χ1n) is 17.8. The van der Waals surface area contributed by atoms with Gasteiger partial charge in [-0.2, -0.15) is 0 Å². The maximum Gasteiger partial charge on any atom is 0.278 e. The van der Waals surface area contributed by atoms with Crippen molar-refractivity contribution < 1.29 is 27.5 Å². The van der Waals surface area contributed by atoms with Crippen molar-refractivity contribution in [2.75, 3.05) is 29.9 Å². The summed E-state index contributed by atoms with van der Waals surface area (Å²) in [5, 5.41) is 12.1. The molecule has 3 N–H and O–H groups in total. The average Bonchev–Trinajstić information content (AvgIpc) is 3.68. The minimum atomic E-state index is -4.35. The van der Waals surface area contributed by atoms with Crippen LogP contribution in [0, 0.1) is 0 Å². The van der Waals surface area contributed by atoms with Gasteiger partial charge in [0.15, 0.2) is 11.5 Å². The van der Waals surface area contributed by atoms with Crippen LogP contribution in [0.25, 0.3) is 10.9 Å². The maximum atomic E-state index is 14.3. The van der Waals surface area contributed by atoms with E-state index in [-0.39, 0.29) is 46.0 Å². The summed E-state index contributed by atoms with van der Waals surface area (Å²) in [6.45, 7) is 4.32. The number of amides is 2. The van der Waals surface area contributed by atoms with Gasteiger partial charge < -0.3 is 19.7 Å². The lowest BCUT2D eigenvalue weighted by Crippen LogP contribution is -2.34. The smallest absolute Gasteiger partial charge is 0.278 e. The molecule has 0 radical (unpaired) electrons. The first-order valence-corrected chi connectivity index (χ1v) is 20.1. The number of rotatable bonds is 18. The van der Waals surface area contributed by atoms with Crippen molar-refractivity contribution in [1.29, 1.82) is 0 Å². The Kier molecular flexibility index (Phi) is 14.2. The number of hydrogen-bond acceptors (Lipinski definition) is 10. The number of halogens is 2. The highest BCUT2D eigenvalue weighted by Gasteiger charge is 2.26. The van der Waals surface area contributed by atoms with Gasteiger partial charge in [0.05, 0.1) is 45.2 Å². The number of aromatic nitrogens is 2. The van der Waals surface area contributed by atoms with E-state index in [1.165, 1.54) is 4.57 Å². The number of benzene rings is 3. The van der Waals surface area contributed by atoms with Crippen molar-refractivity contribution in [3.8, 4) is 0 Å². The molecule has 0 saturated carbocycles. The van der Waals surface area contributed by atoms with Crippen molar-refractivity contribution in [2.24, 2.45) is 4.99 Å². The lowest BCUT2D eigenvalue weighted by Gasteiger charge is -2.22. The number of carbonyl (C=O) groups is 2. The number of aryl methyl sites for hydroxylation is 1.